The standard InChI is InChI=1S/C75H143NO5/c1-3-5-7-9-11-13-15-17-19-21-32-37-41-45-49-53-57-61-65-69-75(80)81-70-66-62-58-54-50-46-42-38-34-31-29-27-25-23-24-26-28-30-33-36-40-44-48-52-56-60-64-68-74(79)76-72(71-77)73(78)67-63-59-55-51-47-43-39-35-22-20-18-16-14-12-10-8-6-4-2/h11,13,17,19,63,67,72-73,77-78H,3-10,12,14-16,18,20-62,64-66,68-71H2,1-2H3,(H,76,79)/b13-11-,19-17-,67-63+. The molecule has 1 amide bonds. The van der Waals surface area contributed by atoms with E-state index >= 15 is 0 Å². The van der Waals surface area contributed by atoms with Crippen molar-refractivity contribution in [3.05, 3.63) is 36.5 Å². The Labute approximate surface area is 506 Å². The number of aliphatic hydroxyl groups excluding tert-OH is 2. The van der Waals surface area contributed by atoms with Crippen LogP contribution in [-0.4, -0.2) is 47.4 Å². The highest BCUT2D eigenvalue weighted by atomic mass is 16.5. The molecule has 6 heteroatoms. The molecule has 0 aromatic heterocycles. The number of rotatable bonds is 69. The largest absolute Gasteiger partial charge is 0.466 e. The van der Waals surface area contributed by atoms with Crippen molar-refractivity contribution >= 4 is 11.9 Å². The van der Waals surface area contributed by atoms with Gasteiger partial charge in [-0.2, -0.15) is 0 Å². The summed E-state index contributed by atoms with van der Waals surface area (Å²) in [5.74, 6) is -0.0474. The van der Waals surface area contributed by atoms with Crippen LogP contribution < -0.4 is 5.32 Å². The summed E-state index contributed by atoms with van der Waals surface area (Å²) in [6.07, 6.45) is 90.9. The third-order valence-electron chi connectivity index (χ3n) is 17.2. The number of hydrogen-bond acceptors (Lipinski definition) is 5. The van der Waals surface area contributed by atoms with Gasteiger partial charge in [0.1, 0.15) is 0 Å². The summed E-state index contributed by atoms with van der Waals surface area (Å²) in [5.41, 5.74) is 0. The third-order valence-corrected chi connectivity index (χ3v) is 17.2. The van der Waals surface area contributed by atoms with E-state index < -0.39 is 12.1 Å². The summed E-state index contributed by atoms with van der Waals surface area (Å²) in [6.45, 7) is 4.92. The SMILES string of the molecule is CCCCC/C=C\C/C=C\CCCCCCCCCCCC(=O)OCCCCCCCCCCCCCCCCCCCCCCCCCCCCCC(=O)NC(CO)C(O)/C=C/CCCCCCCCCCCCCCCCCC. The molecule has 0 saturated carbocycles. The lowest BCUT2D eigenvalue weighted by molar-refractivity contribution is -0.143. The summed E-state index contributed by atoms with van der Waals surface area (Å²) >= 11 is 0. The molecule has 0 radical (unpaired) electrons. The van der Waals surface area contributed by atoms with E-state index in [9.17, 15) is 19.8 Å². The molecule has 0 aliphatic heterocycles. The number of allylic oxidation sites excluding steroid dienone is 5. The fraction of sp³-hybridized carbons (Fsp3) is 0.893. The summed E-state index contributed by atoms with van der Waals surface area (Å²) in [5, 5.41) is 23.2. The predicted molar refractivity (Wildman–Crippen MR) is 356 cm³/mol. The number of nitrogens with one attached hydrogen (secondary N) is 1. The van der Waals surface area contributed by atoms with Crippen molar-refractivity contribution in [3.8, 4) is 0 Å². The quantitative estimate of drug-likeness (QED) is 0.0320. The van der Waals surface area contributed by atoms with E-state index in [1.54, 1.807) is 6.08 Å². The minimum Gasteiger partial charge on any atom is -0.466 e. The van der Waals surface area contributed by atoms with Crippen molar-refractivity contribution < 1.29 is 24.5 Å². The number of amides is 1. The van der Waals surface area contributed by atoms with Crippen LogP contribution in [0.4, 0.5) is 0 Å². The Balaban J connectivity index is 3.36. The molecule has 0 aromatic carbocycles. The lowest BCUT2D eigenvalue weighted by atomic mass is 10.0. The van der Waals surface area contributed by atoms with Gasteiger partial charge in [0.05, 0.1) is 25.4 Å². The van der Waals surface area contributed by atoms with Gasteiger partial charge in [-0.05, 0) is 64.2 Å². The zero-order valence-corrected chi connectivity index (χ0v) is 54.8. The van der Waals surface area contributed by atoms with E-state index in [4.69, 9.17) is 4.74 Å². The lowest BCUT2D eigenvalue weighted by Crippen LogP contribution is -2.45. The van der Waals surface area contributed by atoms with Crippen molar-refractivity contribution in [1.29, 1.82) is 0 Å². The van der Waals surface area contributed by atoms with Gasteiger partial charge in [0.2, 0.25) is 5.91 Å². The number of hydrogen-bond donors (Lipinski definition) is 3. The van der Waals surface area contributed by atoms with Crippen LogP contribution in [0.15, 0.2) is 36.5 Å². The molecule has 0 heterocycles. The highest BCUT2D eigenvalue weighted by molar-refractivity contribution is 5.76. The molecule has 478 valence electrons. The first-order chi connectivity index (χ1) is 40.0. The monoisotopic (exact) mass is 1140 g/mol. The molecule has 0 bridgehead atoms. The Hall–Kier alpha value is -1.92. The minimum atomic E-state index is -0.843. The van der Waals surface area contributed by atoms with Crippen LogP contribution in [0.1, 0.15) is 406 Å². The Kier molecular flexibility index (Phi) is 68.9. The van der Waals surface area contributed by atoms with Crippen molar-refractivity contribution in [3.63, 3.8) is 0 Å². The fourth-order valence-corrected chi connectivity index (χ4v) is 11.6. The van der Waals surface area contributed by atoms with Gasteiger partial charge < -0.3 is 20.3 Å². The van der Waals surface area contributed by atoms with E-state index in [0.29, 0.717) is 19.4 Å². The molecule has 0 saturated heterocycles. The number of carbonyl (C=O) groups is 2. The maximum Gasteiger partial charge on any atom is 0.305 e. The molecular formula is C75H143NO5. The second-order valence-corrected chi connectivity index (χ2v) is 25.3. The van der Waals surface area contributed by atoms with E-state index in [0.717, 1.165) is 51.4 Å². The van der Waals surface area contributed by atoms with Crippen LogP contribution >= 0.6 is 0 Å². The second-order valence-electron chi connectivity index (χ2n) is 25.3. The van der Waals surface area contributed by atoms with Gasteiger partial charge in [-0.1, -0.05) is 365 Å². The van der Waals surface area contributed by atoms with E-state index in [1.807, 2.05) is 6.08 Å². The highest BCUT2D eigenvalue weighted by Crippen LogP contribution is 2.19. The van der Waals surface area contributed by atoms with Crippen molar-refractivity contribution in [1.82, 2.24) is 5.32 Å². The summed E-state index contributed by atoms with van der Waals surface area (Å²) in [7, 11) is 0. The number of unbranched alkanes of at least 4 members (excludes halogenated alkanes) is 54. The Morgan fingerprint density at radius 1 is 0.346 bits per heavy atom. The Bertz CT molecular complexity index is 1310. The van der Waals surface area contributed by atoms with Crippen LogP contribution in [0.5, 0.6) is 0 Å². The van der Waals surface area contributed by atoms with E-state index in [1.165, 1.54) is 327 Å². The minimum absolute atomic E-state index is 0.0145. The molecule has 0 aliphatic rings. The zero-order chi connectivity index (χ0) is 58.5. The molecule has 0 aliphatic carbocycles. The number of aliphatic hydroxyl groups is 2. The molecule has 2 unspecified atom stereocenters. The average Bonchev–Trinajstić information content (AvgIpc) is 3.47. The van der Waals surface area contributed by atoms with Gasteiger partial charge >= 0.3 is 5.97 Å². The second kappa shape index (κ2) is 70.6. The van der Waals surface area contributed by atoms with E-state index in [2.05, 4.69) is 43.5 Å². The van der Waals surface area contributed by atoms with Crippen LogP contribution in [0, 0.1) is 0 Å². The van der Waals surface area contributed by atoms with Gasteiger partial charge in [0.25, 0.3) is 0 Å². The van der Waals surface area contributed by atoms with Crippen LogP contribution in [0.3, 0.4) is 0 Å². The molecule has 81 heavy (non-hydrogen) atoms. The molecule has 2 atom stereocenters. The fourth-order valence-electron chi connectivity index (χ4n) is 11.6. The first-order valence-electron chi connectivity index (χ1n) is 36.8. The lowest BCUT2D eigenvalue weighted by Gasteiger charge is -2.20. The first-order valence-corrected chi connectivity index (χ1v) is 36.8. The average molecular weight is 1140 g/mol. The maximum absolute atomic E-state index is 12.5. The van der Waals surface area contributed by atoms with Crippen LogP contribution in [0.25, 0.3) is 0 Å². The normalized spacial score (nSPS) is 12.7. The smallest absolute Gasteiger partial charge is 0.305 e. The predicted octanol–water partition coefficient (Wildman–Crippen LogP) is 23.9. The molecule has 6 nitrogen and oxygen atoms in total. The third kappa shape index (κ3) is 67.1. The molecule has 0 aromatic rings. The Morgan fingerprint density at radius 3 is 0.963 bits per heavy atom. The van der Waals surface area contributed by atoms with Gasteiger partial charge in [-0.3, -0.25) is 9.59 Å². The maximum atomic E-state index is 12.5. The van der Waals surface area contributed by atoms with Gasteiger partial charge in [0, 0.05) is 12.8 Å². The van der Waals surface area contributed by atoms with E-state index in [-0.39, 0.29) is 18.5 Å². The zero-order valence-electron chi connectivity index (χ0n) is 54.8. The molecule has 0 fully saturated rings. The summed E-state index contributed by atoms with van der Waals surface area (Å²) in [4.78, 5) is 24.6. The van der Waals surface area contributed by atoms with Crippen LogP contribution in [-0.2, 0) is 14.3 Å². The molecule has 0 spiro atoms. The van der Waals surface area contributed by atoms with Gasteiger partial charge in [-0.25, -0.2) is 0 Å². The Morgan fingerprint density at radius 2 is 0.617 bits per heavy atom. The number of carbonyl (C=O) groups excluding carboxylic acids is 2. The summed E-state index contributed by atoms with van der Waals surface area (Å²) < 4.78 is 5.51. The molecule has 0 rings (SSSR count). The van der Waals surface area contributed by atoms with Gasteiger partial charge in [-0.15, -0.1) is 0 Å². The van der Waals surface area contributed by atoms with Gasteiger partial charge in [0.15, 0.2) is 0 Å². The number of esters is 1. The summed E-state index contributed by atoms with van der Waals surface area (Å²) in [6, 6.07) is -0.626. The van der Waals surface area contributed by atoms with Crippen LogP contribution in [0.2, 0.25) is 0 Å². The van der Waals surface area contributed by atoms with Crippen molar-refractivity contribution in [2.45, 2.75) is 418 Å². The van der Waals surface area contributed by atoms with Crippen molar-refractivity contribution in [2.24, 2.45) is 0 Å². The molecular weight excluding hydrogens is 995 g/mol. The molecule has 3 N–H and O–H groups in total. The first kappa shape index (κ1) is 79.1. The van der Waals surface area contributed by atoms with Crippen molar-refractivity contribution in [2.75, 3.05) is 13.2 Å². The topological polar surface area (TPSA) is 95.9 Å². The highest BCUT2D eigenvalue weighted by Gasteiger charge is 2.18. The number of ether oxygens (including phenoxy) is 1.